The van der Waals surface area contributed by atoms with E-state index in [1.54, 1.807) is 18.2 Å². The molecule has 0 aromatic heterocycles. The SMILES string of the molecule is NC(CO)=C1CNCCC1=NCc1ccccc1C(F)F. The molecule has 0 unspecified atom stereocenters. The van der Waals surface area contributed by atoms with Gasteiger partial charge in [0.1, 0.15) is 0 Å². The third kappa shape index (κ3) is 3.86. The second kappa shape index (κ2) is 7.28. The molecule has 0 radical (unpaired) electrons. The van der Waals surface area contributed by atoms with Crippen LogP contribution in [0.15, 0.2) is 40.5 Å². The highest BCUT2D eigenvalue weighted by Crippen LogP contribution is 2.23. The molecule has 0 amide bonds. The molecule has 114 valence electrons. The van der Waals surface area contributed by atoms with E-state index < -0.39 is 6.43 Å². The van der Waals surface area contributed by atoms with E-state index in [2.05, 4.69) is 10.3 Å². The van der Waals surface area contributed by atoms with Gasteiger partial charge in [-0.2, -0.15) is 0 Å². The molecule has 21 heavy (non-hydrogen) atoms. The van der Waals surface area contributed by atoms with Gasteiger partial charge in [0, 0.05) is 42.1 Å². The van der Waals surface area contributed by atoms with Crippen molar-refractivity contribution in [2.24, 2.45) is 10.7 Å². The van der Waals surface area contributed by atoms with Crippen LogP contribution in [-0.2, 0) is 6.54 Å². The van der Waals surface area contributed by atoms with Gasteiger partial charge in [-0.3, -0.25) is 4.99 Å². The second-order valence-electron chi connectivity index (χ2n) is 4.85. The summed E-state index contributed by atoms with van der Waals surface area (Å²) in [6.45, 7) is 1.26. The fourth-order valence-electron chi connectivity index (χ4n) is 2.31. The van der Waals surface area contributed by atoms with E-state index in [-0.39, 0.29) is 18.7 Å². The Morgan fingerprint density at radius 3 is 2.86 bits per heavy atom. The van der Waals surface area contributed by atoms with E-state index >= 15 is 0 Å². The first-order chi connectivity index (χ1) is 10.1. The molecule has 0 saturated carbocycles. The van der Waals surface area contributed by atoms with Crippen molar-refractivity contribution in [3.05, 3.63) is 46.7 Å². The van der Waals surface area contributed by atoms with E-state index in [0.29, 0.717) is 24.2 Å². The van der Waals surface area contributed by atoms with E-state index in [0.717, 1.165) is 17.8 Å². The van der Waals surface area contributed by atoms with Crippen LogP contribution >= 0.6 is 0 Å². The standard InChI is InChI=1S/C15H19F2N3O/c16-15(17)11-4-2-1-3-10(11)7-20-14-5-6-19-8-12(14)13(18)9-21/h1-4,15,19,21H,5-9,18H2. The number of aliphatic hydroxyl groups excluding tert-OH is 1. The van der Waals surface area contributed by atoms with Gasteiger partial charge in [-0.1, -0.05) is 24.3 Å². The van der Waals surface area contributed by atoms with Crippen molar-refractivity contribution in [3.63, 3.8) is 0 Å². The van der Waals surface area contributed by atoms with Gasteiger partial charge in [-0.25, -0.2) is 8.78 Å². The van der Waals surface area contributed by atoms with Crippen LogP contribution in [-0.4, -0.2) is 30.5 Å². The van der Waals surface area contributed by atoms with Crippen LogP contribution in [0, 0.1) is 0 Å². The number of benzene rings is 1. The maximum absolute atomic E-state index is 12.9. The molecule has 1 saturated heterocycles. The number of rotatable bonds is 4. The lowest BCUT2D eigenvalue weighted by Crippen LogP contribution is -2.33. The minimum atomic E-state index is -2.51. The Hall–Kier alpha value is -1.79. The van der Waals surface area contributed by atoms with Crippen molar-refractivity contribution in [2.45, 2.75) is 19.4 Å². The molecule has 0 bridgehead atoms. The number of hydrogen-bond acceptors (Lipinski definition) is 4. The van der Waals surface area contributed by atoms with Gasteiger partial charge < -0.3 is 16.2 Å². The van der Waals surface area contributed by atoms with Gasteiger partial charge in [-0.15, -0.1) is 0 Å². The number of piperidine rings is 1. The maximum Gasteiger partial charge on any atom is 0.264 e. The van der Waals surface area contributed by atoms with Gasteiger partial charge in [0.25, 0.3) is 6.43 Å². The lowest BCUT2D eigenvalue weighted by Gasteiger charge is -2.20. The van der Waals surface area contributed by atoms with Crippen molar-refractivity contribution in [3.8, 4) is 0 Å². The lowest BCUT2D eigenvalue weighted by atomic mass is 10.0. The molecule has 0 aliphatic carbocycles. The first-order valence-corrected chi connectivity index (χ1v) is 6.82. The number of nitrogens with one attached hydrogen (secondary N) is 1. The number of nitrogens with zero attached hydrogens (tertiary/aromatic N) is 1. The molecule has 6 heteroatoms. The van der Waals surface area contributed by atoms with Crippen LogP contribution in [0.4, 0.5) is 8.78 Å². The van der Waals surface area contributed by atoms with Crippen LogP contribution < -0.4 is 11.1 Å². The molecule has 4 N–H and O–H groups in total. The molecule has 0 atom stereocenters. The van der Waals surface area contributed by atoms with Crippen molar-refractivity contribution in [2.75, 3.05) is 19.7 Å². The summed E-state index contributed by atoms with van der Waals surface area (Å²) in [5.41, 5.74) is 8.23. The predicted octanol–water partition coefficient (Wildman–Crippen LogP) is 1.76. The molecule has 1 aromatic rings. The lowest BCUT2D eigenvalue weighted by molar-refractivity contribution is 0.150. The Balaban J connectivity index is 2.23. The normalized spacial score (nSPS) is 20.1. The fraction of sp³-hybridized carbons (Fsp3) is 0.400. The van der Waals surface area contributed by atoms with Gasteiger partial charge in [0.2, 0.25) is 0 Å². The Labute approximate surface area is 122 Å². The zero-order valence-electron chi connectivity index (χ0n) is 11.6. The Kier molecular flexibility index (Phi) is 5.41. The van der Waals surface area contributed by atoms with Crippen LogP contribution in [0.3, 0.4) is 0 Å². The highest BCUT2D eigenvalue weighted by Gasteiger charge is 2.16. The van der Waals surface area contributed by atoms with Crippen LogP contribution in [0.1, 0.15) is 24.0 Å². The Morgan fingerprint density at radius 1 is 1.38 bits per heavy atom. The Bertz CT molecular complexity index is 556. The number of halogens is 2. The minimum Gasteiger partial charge on any atom is -0.400 e. The van der Waals surface area contributed by atoms with Gasteiger partial charge in [0.05, 0.1) is 13.2 Å². The summed E-state index contributed by atoms with van der Waals surface area (Å²) in [6, 6.07) is 6.40. The first kappa shape index (κ1) is 15.6. The van der Waals surface area contributed by atoms with Crippen molar-refractivity contribution >= 4 is 5.71 Å². The van der Waals surface area contributed by atoms with Crippen LogP contribution in [0.25, 0.3) is 0 Å². The largest absolute Gasteiger partial charge is 0.400 e. The number of alkyl halides is 2. The van der Waals surface area contributed by atoms with Gasteiger partial charge >= 0.3 is 0 Å². The molecule has 0 spiro atoms. The Morgan fingerprint density at radius 2 is 2.14 bits per heavy atom. The van der Waals surface area contributed by atoms with E-state index in [1.807, 2.05) is 0 Å². The number of aliphatic hydroxyl groups is 1. The number of aliphatic imine (C=N–C) groups is 1. The van der Waals surface area contributed by atoms with E-state index in [1.165, 1.54) is 6.07 Å². The summed E-state index contributed by atoms with van der Waals surface area (Å²) in [4.78, 5) is 4.44. The smallest absolute Gasteiger partial charge is 0.264 e. The summed E-state index contributed by atoms with van der Waals surface area (Å²) in [6.07, 6.45) is -1.83. The van der Waals surface area contributed by atoms with Gasteiger partial charge in [0.15, 0.2) is 0 Å². The summed E-state index contributed by atoms with van der Waals surface area (Å²) in [7, 11) is 0. The number of hydrogen-bond donors (Lipinski definition) is 3. The monoisotopic (exact) mass is 295 g/mol. The molecule has 1 fully saturated rings. The van der Waals surface area contributed by atoms with E-state index in [4.69, 9.17) is 10.8 Å². The molecule has 1 aromatic carbocycles. The summed E-state index contributed by atoms with van der Waals surface area (Å²) >= 11 is 0. The molecule has 1 heterocycles. The zero-order chi connectivity index (χ0) is 15.2. The van der Waals surface area contributed by atoms with Gasteiger partial charge in [-0.05, 0) is 5.56 Å². The number of nitrogens with two attached hydrogens (primary N) is 1. The summed E-state index contributed by atoms with van der Waals surface area (Å²) < 4.78 is 25.9. The second-order valence-corrected chi connectivity index (χ2v) is 4.85. The average molecular weight is 295 g/mol. The van der Waals surface area contributed by atoms with Crippen molar-refractivity contribution < 1.29 is 13.9 Å². The highest BCUT2D eigenvalue weighted by atomic mass is 19.3. The zero-order valence-corrected chi connectivity index (χ0v) is 11.6. The highest BCUT2D eigenvalue weighted by molar-refractivity contribution is 6.01. The van der Waals surface area contributed by atoms with Crippen molar-refractivity contribution in [1.82, 2.24) is 5.32 Å². The maximum atomic E-state index is 12.9. The third-order valence-corrected chi connectivity index (χ3v) is 3.48. The third-order valence-electron chi connectivity index (χ3n) is 3.48. The molecule has 2 rings (SSSR count). The van der Waals surface area contributed by atoms with Crippen LogP contribution in [0.5, 0.6) is 0 Å². The average Bonchev–Trinajstić information content (AvgIpc) is 2.52. The summed E-state index contributed by atoms with van der Waals surface area (Å²) in [5.74, 6) is 0. The molecular formula is C15H19F2N3O. The summed E-state index contributed by atoms with van der Waals surface area (Å²) in [5, 5.41) is 12.3. The molecule has 1 aliphatic heterocycles. The fourth-order valence-corrected chi connectivity index (χ4v) is 2.31. The van der Waals surface area contributed by atoms with E-state index in [9.17, 15) is 8.78 Å². The quantitative estimate of drug-likeness (QED) is 0.792. The minimum absolute atomic E-state index is 0.0106. The van der Waals surface area contributed by atoms with Crippen molar-refractivity contribution in [1.29, 1.82) is 0 Å². The predicted molar refractivity (Wildman–Crippen MR) is 78.3 cm³/mol. The molecule has 1 aliphatic rings. The molecule has 4 nitrogen and oxygen atoms in total. The first-order valence-electron chi connectivity index (χ1n) is 6.82. The molecular weight excluding hydrogens is 276 g/mol. The van der Waals surface area contributed by atoms with Crippen LogP contribution in [0.2, 0.25) is 0 Å². The topological polar surface area (TPSA) is 70.6 Å².